The van der Waals surface area contributed by atoms with Gasteiger partial charge < -0.3 is 9.80 Å². The van der Waals surface area contributed by atoms with Gasteiger partial charge in [0.15, 0.2) is 5.13 Å². The first-order valence-electron chi connectivity index (χ1n) is 7.96. The van der Waals surface area contributed by atoms with Gasteiger partial charge in [-0.05, 0) is 42.5 Å². The van der Waals surface area contributed by atoms with Crippen LogP contribution in [0.4, 0.5) is 5.13 Å². The molecule has 3 aromatic rings. The monoisotopic (exact) mass is 391 g/mol. The quantitative estimate of drug-likeness (QED) is 0.641. The number of amides is 1. The van der Waals surface area contributed by atoms with Crippen LogP contribution in [-0.2, 0) is 0 Å². The number of benzene rings is 2. The van der Waals surface area contributed by atoms with Gasteiger partial charge in [-0.3, -0.25) is 4.79 Å². The largest absolute Gasteiger partial charge is 0.345 e. The van der Waals surface area contributed by atoms with E-state index < -0.39 is 0 Å². The second kappa shape index (κ2) is 6.83. The molecule has 128 valence electrons. The average molecular weight is 392 g/mol. The molecule has 0 N–H and O–H groups in total. The Balaban J connectivity index is 1.45. The Labute approximate surface area is 159 Å². The van der Waals surface area contributed by atoms with Crippen molar-refractivity contribution in [3.8, 4) is 0 Å². The van der Waals surface area contributed by atoms with Crippen molar-refractivity contribution < 1.29 is 4.79 Å². The third kappa shape index (κ3) is 3.45. The number of rotatable bonds is 2. The molecule has 4 nitrogen and oxygen atoms in total. The molecule has 1 aliphatic rings. The first-order valence-corrected chi connectivity index (χ1v) is 9.53. The molecule has 25 heavy (non-hydrogen) atoms. The highest BCUT2D eigenvalue weighted by Gasteiger charge is 2.23. The zero-order valence-corrected chi connectivity index (χ0v) is 15.6. The molecular formula is C18H15Cl2N3OS. The number of carbonyl (C=O) groups is 1. The molecule has 0 bridgehead atoms. The van der Waals surface area contributed by atoms with Gasteiger partial charge in [0.2, 0.25) is 0 Å². The molecule has 0 spiro atoms. The Bertz CT molecular complexity index is 918. The van der Waals surface area contributed by atoms with Crippen molar-refractivity contribution in [1.29, 1.82) is 0 Å². The van der Waals surface area contributed by atoms with E-state index in [1.807, 2.05) is 23.1 Å². The van der Waals surface area contributed by atoms with Gasteiger partial charge in [0.1, 0.15) is 0 Å². The standard InChI is InChI=1S/C18H15Cl2N3OS/c19-13-3-1-12(2-4-13)17(24)22-7-9-23(10-8-22)18-21-15-6-5-14(20)11-16(15)25-18/h1-6,11H,7-10H2. The molecule has 1 fully saturated rings. The second-order valence-electron chi connectivity index (χ2n) is 5.89. The van der Waals surface area contributed by atoms with E-state index in [0.29, 0.717) is 23.7 Å². The lowest BCUT2D eigenvalue weighted by Crippen LogP contribution is -2.48. The number of anilines is 1. The molecule has 0 unspecified atom stereocenters. The van der Waals surface area contributed by atoms with Crippen LogP contribution in [0, 0.1) is 0 Å². The maximum absolute atomic E-state index is 12.6. The minimum atomic E-state index is 0.0485. The molecule has 0 atom stereocenters. The molecule has 0 saturated carbocycles. The van der Waals surface area contributed by atoms with Gasteiger partial charge in [-0.1, -0.05) is 34.5 Å². The number of hydrogen-bond acceptors (Lipinski definition) is 4. The molecule has 7 heteroatoms. The summed E-state index contributed by atoms with van der Waals surface area (Å²) in [6, 6.07) is 12.8. The van der Waals surface area contributed by atoms with Gasteiger partial charge in [0, 0.05) is 41.8 Å². The normalized spacial score (nSPS) is 15.0. The predicted molar refractivity (Wildman–Crippen MR) is 104 cm³/mol. The Morgan fingerprint density at radius 2 is 1.64 bits per heavy atom. The van der Waals surface area contributed by atoms with E-state index in [-0.39, 0.29) is 5.91 Å². The van der Waals surface area contributed by atoms with Crippen LogP contribution in [0.2, 0.25) is 10.0 Å². The number of hydrogen-bond donors (Lipinski definition) is 0. The summed E-state index contributed by atoms with van der Waals surface area (Å²) in [6.07, 6.45) is 0. The van der Waals surface area contributed by atoms with Gasteiger partial charge in [0.25, 0.3) is 5.91 Å². The summed E-state index contributed by atoms with van der Waals surface area (Å²) in [5.41, 5.74) is 1.64. The summed E-state index contributed by atoms with van der Waals surface area (Å²) in [7, 11) is 0. The Morgan fingerprint density at radius 1 is 0.960 bits per heavy atom. The molecular weight excluding hydrogens is 377 g/mol. The number of aromatic nitrogens is 1. The van der Waals surface area contributed by atoms with Crippen LogP contribution < -0.4 is 4.90 Å². The van der Waals surface area contributed by atoms with Gasteiger partial charge >= 0.3 is 0 Å². The molecule has 2 aromatic carbocycles. The predicted octanol–water partition coefficient (Wildman–Crippen LogP) is 4.57. The fourth-order valence-corrected chi connectivity index (χ4v) is 4.32. The zero-order valence-electron chi connectivity index (χ0n) is 13.3. The van der Waals surface area contributed by atoms with E-state index >= 15 is 0 Å². The van der Waals surface area contributed by atoms with Crippen molar-refractivity contribution in [1.82, 2.24) is 9.88 Å². The number of carbonyl (C=O) groups excluding carboxylic acids is 1. The maximum Gasteiger partial charge on any atom is 0.253 e. The molecule has 4 rings (SSSR count). The van der Waals surface area contributed by atoms with Gasteiger partial charge in [-0.15, -0.1) is 0 Å². The van der Waals surface area contributed by atoms with E-state index in [1.54, 1.807) is 35.6 Å². The summed E-state index contributed by atoms with van der Waals surface area (Å²) in [5, 5.41) is 2.34. The van der Waals surface area contributed by atoms with Crippen LogP contribution in [0.25, 0.3) is 10.2 Å². The van der Waals surface area contributed by atoms with E-state index in [2.05, 4.69) is 9.88 Å². The topological polar surface area (TPSA) is 36.4 Å². The highest BCUT2D eigenvalue weighted by molar-refractivity contribution is 7.22. The third-order valence-corrected chi connectivity index (χ3v) is 5.83. The molecule has 1 saturated heterocycles. The first kappa shape index (κ1) is 16.6. The van der Waals surface area contributed by atoms with E-state index in [9.17, 15) is 4.79 Å². The van der Waals surface area contributed by atoms with E-state index in [0.717, 1.165) is 33.5 Å². The number of fused-ring (bicyclic) bond motifs is 1. The lowest BCUT2D eigenvalue weighted by atomic mass is 10.2. The summed E-state index contributed by atoms with van der Waals surface area (Å²) >= 11 is 13.6. The third-order valence-electron chi connectivity index (χ3n) is 4.27. The number of thiazole rings is 1. The smallest absolute Gasteiger partial charge is 0.253 e. The van der Waals surface area contributed by atoms with Crippen LogP contribution in [-0.4, -0.2) is 42.0 Å². The van der Waals surface area contributed by atoms with Crippen LogP contribution >= 0.6 is 34.5 Å². The van der Waals surface area contributed by atoms with Crippen molar-refractivity contribution in [2.45, 2.75) is 0 Å². The van der Waals surface area contributed by atoms with Crippen molar-refractivity contribution in [2.24, 2.45) is 0 Å². The van der Waals surface area contributed by atoms with Crippen LogP contribution in [0.3, 0.4) is 0 Å². The van der Waals surface area contributed by atoms with E-state index in [4.69, 9.17) is 23.2 Å². The Morgan fingerprint density at radius 3 is 2.36 bits per heavy atom. The van der Waals surface area contributed by atoms with Crippen LogP contribution in [0.15, 0.2) is 42.5 Å². The SMILES string of the molecule is O=C(c1ccc(Cl)cc1)N1CCN(c2nc3ccc(Cl)cc3s2)CC1. The lowest BCUT2D eigenvalue weighted by molar-refractivity contribution is 0.0747. The lowest BCUT2D eigenvalue weighted by Gasteiger charge is -2.34. The minimum absolute atomic E-state index is 0.0485. The highest BCUT2D eigenvalue weighted by Crippen LogP contribution is 2.31. The fraction of sp³-hybridized carbons (Fsp3) is 0.222. The summed E-state index contributed by atoms with van der Waals surface area (Å²) < 4.78 is 1.09. The van der Waals surface area contributed by atoms with Crippen molar-refractivity contribution in [2.75, 3.05) is 31.1 Å². The van der Waals surface area contributed by atoms with Crippen molar-refractivity contribution in [3.05, 3.63) is 58.1 Å². The fourth-order valence-electron chi connectivity index (χ4n) is 2.90. The summed E-state index contributed by atoms with van der Waals surface area (Å²) in [4.78, 5) is 21.4. The second-order valence-corrected chi connectivity index (χ2v) is 7.78. The molecule has 1 amide bonds. The van der Waals surface area contributed by atoms with Gasteiger partial charge in [0.05, 0.1) is 10.2 Å². The molecule has 2 heterocycles. The van der Waals surface area contributed by atoms with Crippen LogP contribution in [0.5, 0.6) is 0 Å². The molecule has 0 aliphatic carbocycles. The molecule has 0 radical (unpaired) electrons. The highest BCUT2D eigenvalue weighted by atomic mass is 35.5. The minimum Gasteiger partial charge on any atom is -0.345 e. The Kier molecular flexibility index (Phi) is 4.54. The van der Waals surface area contributed by atoms with Crippen LogP contribution in [0.1, 0.15) is 10.4 Å². The zero-order chi connectivity index (χ0) is 17.4. The molecule has 1 aliphatic heterocycles. The number of halogens is 2. The number of nitrogens with zero attached hydrogens (tertiary/aromatic N) is 3. The Hall–Kier alpha value is -1.82. The molecule has 1 aromatic heterocycles. The van der Waals surface area contributed by atoms with Gasteiger partial charge in [-0.2, -0.15) is 0 Å². The van der Waals surface area contributed by atoms with E-state index in [1.165, 1.54) is 0 Å². The average Bonchev–Trinajstić information content (AvgIpc) is 3.05. The summed E-state index contributed by atoms with van der Waals surface area (Å²) in [6.45, 7) is 2.90. The van der Waals surface area contributed by atoms with Gasteiger partial charge in [-0.25, -0.2) is 4.98 Å². The first-order chi connectivity index (χ1) is 12.1. The number of piperazine rings is 1. The van der Waals surface area contributed by atoms with Crippen molar-refractivity contribution >= 4 is 55.8 Å². The maximum atomic E-state index is 12.6. The van der Waals surface area contributed by atoms with Crippen molar-refractivity contribution in [3.63, 3.8) is 0 Å². The summed E-state index contributed by atoms with van der Waals surface area (Å²) in [5.74, 6) is 0.0485.